The average molecular weight is 224 g/mol. The maximum atomic E-state index is 3.84. The summed E-state index contributed by atoms with van der Waals surface area (Å²) in [5.41, 5.74) is 0. The highest BCUT2D eigenvalue weighted by molar-refractivity contribution is 4.87. The Labute approximate surface area is 101 Å². The van der Waals surface area contributed by atoms with Crippen LogP contribution in [-0.2, 0) is 0 Å². The maximum absolute atomic E-state index is 3.84. The molecular weight excluding hydrogens is 196 g/mol. The van der Waals surface area contributed by atoms with E-state index < -0.39 is 0 Å². The molecule has 0 aliphatic heterocycles. The van der Waals surface area contributed by atoms with E-state index in [0.29, 0.717) is 0 Å². The van der Waals surface area contributed by atoms with Crippen molar-refractivity contribution in [3.05, 3.63) is 0 Å². The molecule has 0 heterocycles. The van der Waals surface area contributed by atoms with Crippen LogP contribution < -0.4 is 5.32 Å². The molecule has 0 radical (unpaired) electrons. The molecule has 2 saturated carbocycles. The molecule has 0 amide bonds. The van der Waals surface area contributed by atoms with E-state index in [2.05, 4.69) is 31.2 Å². The minimum atomic E-state index is 0.733. The fourth-order valence-corrected chi connectivity index (χ4v) is 3.28. The van der Waals surface area contributed by atoms with Crippen LogP contribution in [0.3, 0.4) is 0 Å². The summed E-state index contributed by atoms with van der Waals surface area (Å²) >= 11 is 0. The summed E-state index contributed by atoms with van der Waals surface area (Å²) in [6, 6.07) is 2.33. The maximum Gasteiger partial charge on any atom is 0.0105 e. The van der Waals surface area contributed by atoms with E-state index >= 15 is 0 Å². The number of nitrogens with zero attached hydrogens (tertiary/aromatic N) is 1. The summed E-state index contributed by atoms with van der Waals surface area (Å²) in [6.07, 6.45) is 9.95. The van der Waals surface area contributed by atoms with Crippen molar-refractivity contribution in [1.82, 2.24) is 10.2 Å². The predicted molar refractivity (Wildman–Crippen MR) is 69.7 cm³/mol. The highest BCUT2D eigenvalue weighted by Crippen LogP contribution is 2.31. The van der Waals surface area contributed by atoms with Gasteiger partial charge in [0.05, 0.1) is 0 Å². The molecule has 2 nitrogen and oxygen atoms in total. The first-order valence-electron chi connectivity index (χ1n) is 7.07. The van der Waals surface area contributed by atoms with Gasteiger partial charge in [-0.25, -0.2) is 0 Å². The molecule has 0 aromatic heterocycles. The summed E-state index contributed by atoms with van der Waals surface area (Å²) in [6.45, 7) is 2.38. The second kappa shape index (κ2) is 5.50. The van der Waals surface area contributed by atoms with Crippen LogP contribution in [0.15, 0.2) is 0 Å². The van der Waals surface area contributed by atoms with E-state index in [0.717, 1.165) is 24.0 Å². The zero-order valence-corrected chi connectivity index (χ0v) is 11.2. The van der Waals surface area contributed by atoms with Crippen LogP contribution in [-0.4, -0.2) is 37.1 Å². The van der Waals surface area contributed by atoms with Gasteiger partial charge < -0.3 is 10.2 Å². The van der Waals surface area contributed by atoms with Gasteiger partial charge in [0.2, 0.25) is 0 Å². The standard InChI is InChI=1S/C14H28N2/c1-11(9-12-5-4-6-12)15-13-7-8-14(10-13)16(2)3/h11-15H,4-10H2,1-3H3. The Morgan fingerprint density at radius 3 is 2.44 bits per heavy atom. The van der Waals surface area contributed by atoms with Gasteiger partial charge in [-0.05, 0) is 52.6 Å². The van der Waals surface area contributed by atoms with Gasteiger partial charge in [0.25, 0.3) is 0 Å². The number of nitrogens with one attached hydrogen (secondary N) is 1. The van der Waals surface area contributed by atoms with Crippen LogP contribution in [0.25, 0.3) is 0 Å². The first-order valence-corrected chi connectivity index (χ1v) is 7.07. The van der Waals surface area contributed by atoms with Gasteiger partial charge >= 0.3 is 0 Å². The van der Waals surface area contributed by atoms with Crippen LogP contribution in [0.4, 0.5) is 0 Å². The lowest BCUT2D eigenvalue weighted by atomic mass is 9.81. The van der Waals surface area contributed by atoms with E-state index in [-0.39, 0.29) is 0 Å². The topological polar surface area (TPSA) is 15.3 Å². The van der Waals surface area contributed by atoms with Gasteiger partial charge in [-0.15, -0.1) is 0 Å². The van der Waals surface area contributed by atoms with Crippen molar-refractivity contribution in [1.29, 1.82) is 0 Å². The molecule has 0 aromatic rings. The van der Waals surface area contributed by atoms with Gasteiger partial charge in [0, 0.05) is 18.1 Å². The lowest BCUT2D eigenvalue weighted by Crippen LogP contribution is -2.38. The Kier molecular flexibility index (Phi) is 4.26. The first-order chi connectivity index (χ1) is 7.65. The average Bonchev–Trinajstić information content (AvgIpc) is 2.60. The van der Waals surface area contributed by atoms with Crippen molar-refractivity contribution in [2.45, 2.75) is 70.0 Å². The quantitative estimate of drug-likeness (QED) is 0.772. The molecule has 2 aliphatic carbocycles. The molecule has 2 rings (SSSR count). The summed E-state index contributed by atoms with van der Waals surface area (Å²) in [5.74, 6) is 1.04. The van der Waals surface area contributed by atoms with Crippen molar-refractivity contribution in [2.75, 3.05) is 14.1 Å². The second-order valence-corrected chi connectivity index (χ2v) is 6.23. The molecule has 16 heavy (non-hydrogen) atoms. The third-order valence-corrected chi connectivity index (χ3v) is 4.57. The molecule has 0 saturated heterocycles. The van der Waals surface area contributed by atoms with E-state index in [1.807, 2.05) is 0 Å². The predicted octanol–water partition coefficient (Wildman–Crippen LogP) is 2.64. The Bertz CT molecular complexity index is 211. The van der Waals surface area contributed by atoms with E-state index in [9.17, 15) is 0 Å². The van der Waals surface area contributed by atoms with Gasteiger partial charge in [-0.2, -0.15) is 0 Å². The third-order valence-electron chi connectivity index (χ3n) is 4.57. The smallest absolute Gasteiger partial charge is 0.0105 e. The van der Waals surface area contributed by atoms with Crippen LogP contribution in [0.2, 0.25) is 0 Å². The lowest BCUT2D eigenvalue weighted by Gasteiger charge is -2.30. The molecule has 3 atom stereocenters. The summed E-state index contributed by atoms with van der Waals surface area (Å²) < 4.78 is 0. The largest absolute Gasteiger partial charge is 0.311 e. The monoisotopic (exact) mass is 224 g/mol. The SMILES string of the molecule is CC(CC1CCC1)NC1CCC(N(C)C)C1. The number of rotatable bonds is 5. The van der Waals surface area contributed by atoms with Crippen molar-refractivity contribution >= 4 is 0 Å². The fourth-order valence-electron chi connectivity index (χ4n) is 3.28. The van der Waals surface area contributed by atoms with Gasteiger partial charge in [-0.1, -0.05) is 19.3 Å². The van der Waals surface area contributed by atoms with Crippen LogP contribution in [0, 0.1) is 5.92 Å². The van der Waals surface area contributed by atoms with Gasteiger partial charge in [-0.3, -0.25) is 0 Å². The second-order valence-electron chi connectivity index (χ2n) is 6.23. The normalized spacial score (nSPS) is 33.0. The molecule has 0 spiro atoms. The number of hydrogen-bond donors (Lipinski definition) is 1. The van der Waals surface area contributed by atoms with E-state index in [1.165, 1.54) is 44.9 Å². The molecule has 2 fully saturated rings. The molecular formula is C14H28N2. The first kappa shape index (κ1) is 12.4. The zero-order valence-electron chi connectivity index (χ0n) is 11.2. The van der Waals surface area contributed by atoms with Crippen molar-refractivity contribution < 1.29 is 0 Å². The van der Waals surface area contributed by atoms with Crippen molar-refractivity contribution in [3.63, 3.8) is 0 Å². The Morgan fingerprint density at radius 2 is 1.94 bits per heavy atom. The van der Waals surface area contributed by atoms with Crippen LogP contribution in [0.1, 0.15) is 51.9 Å². The van der Waals surface area contributed by atoms with Crippen LogP contribution >= 0.6 is 0 Å². The zero-order chi connectivity index (χ0) is 11.5. The van der Waals surface area contributed by atoms with Gasteiger partial charge in [0.15, 0.2) is 0 Å². The molecule has 94 valence electrons. The third kappa shape index (κ3) is 3.21. The molecule has 2 heteroatoms. The molecule has 1 N–H and O–H groups in total. The Hall–Kier alpha value is -0.0800. The molecule has 2 aliphatic rings. The van der Waals surface area contributed by atoms with Crippen molar-refractivity contribution in [3.8, 4) is 0 Å². The van der Waals surface area contributed by atoms with E-state index in [1.54, 1.807) is 0 Å². The minimum Gasteiger partial charge on any atom is -0.311 e. The van der Waals surface area contributed by atoms with Gasteiger partial charge in [0.1, 0.15) is 0 Å². The molecule has 3 unspecified atom stereocenters. The number of hydrogen-bond acceptors (Lipinski definition) is 2. The molecule has 0 aromatic carbocycles. The highest BCUT2D eigenvalue weighted by Gasteiger charge is 2.27. The Balaban J connectivity index is 1.65. The summed E-state index contributed by atoms with van der Waals surface area (Å²) in [5, 5.41) is 3.84. The Morgan fingerprint density at radius 1 is 1.19 bits per heavy atom. The van der Waals surface area contributed by atoms with Crippen LogP contribution in [0.5, 0.6) is 0 Å². The fraction of sp³-hybridized carbons (Fsp3) is 1.00. The van der Waals surface area contributed by atoms with Crippen molar-refractivity contribution in [2.24, 2.45) is 5.92 Å². The minimum absolute atomic E-state index is 0.733. The highest BCUT2D eigenvalue weighted by atomic mass is 15.1. The molecule has 0 bridgehead atoms. The van der Waals surface area contributed by atoms with E-state index in [4.69, 9.17) is 0 Å². The summed E-state index contributed by atoms with van der Waals surface area (Å²) in [4.78, 5) is 2.39. The lowest BCUT2D eigenvalue weighted by molar-refractivity contribution is 0.252. The summed E-state index contributed by atoms with van der Waals surface area (Å²) in [7, 11) is 4.43.